The van der Waals surface area contributed by atoms with Gasteiger partial charge in [0.05, 0.1) is 16.6 Å². The minimum atomic E-state index is -3.82. The highest BCUT2D eigenvalue weighted by Crippen LogP contribution is 2.34. The van der Waals surface area contributed by atoms with Crippen LogP contribution in [0.4, 0.5) is 0 Å². The van der Waals surface area contributed by atoms with Gasteiger partial charge in [-0.1, -0.05) is 59.7 Å². The minimum Gasteiger partial charge on any atom is -0.267 e. The predicted molar refractivity (Wildman–Crippen MR) is 120 cm³/mol. The Labute approximate surface area is 182 Å². The van der Waals surface area contributed by atoms with Crippen LogP contribution in [0, 0.1) is 13.8 Å². The van der Waals surface area contributed by atoms with Crippen LogP contribution >= 0.6 is 0 Å². The maximum atomic E-state index is 13.3. The first-order chi connectivity index (χ1) is 14.7. The first-order valence-corrected chi connectivity index (χ1v) is 11.4. The van der Waals surface area contributed by atoms with E-state index in [0.717, 1.165) is 28.0 Å². The van der Waals surface area contributed by atoms with Crippen molar-refractivity contribution in [3.63, 3.8) is 0 Å². The SMILES string of the molecule is Cc1ccc(C2=NN(C(=O)c3ccc(S(N)(=O)=O)cc3)C(c3ccc(C)cc3)C2)cc1. The van der Waals surface area contributed by atoms with E-state index >= 15 is 0 Å². The summed E-state index contributed by atoms with van der Waals surface area (Å²) >= 11 is 0. The van der Waals surface area contributed by atoms with Gasteiger partial charge in [-0.2, -0.15) is 5.10 Å². The monoisotopic (exact) mass is 433 g/mol. The predicted octanol–water partition coefficient (Wildman–Crippen LogP) is 3.94. The molecule has 0 aliphatic carbocycles. The van der Waals surface area contributed by atoms with E-state index in [9.17, 15) is 13.2 Å². The van der Waals surface area contributed by atoms with Gasteiger partial charge in [-0.15, -0.1) is 0 Å². The van der Waals surface area contributed by atoms with Gasteiger partial charge in [0.25, 0.3) is 5.91 Å². The number of benzene rings is 3. The quantitative estimate of drug-likeness (QED) is 0.675. The topological polar surface area (TPSA) is 92.8 Å². The second kappa shape index (κ2) is 8.09. The molecular formula is C24H23N3O3S. The maximum Gasteiger partial charge on any atom is 0.274 e. The molecule has 0 radical (unpaired) electrons. The van der Waals surface area contributed by atoms with Crippen LogP contribution in [0.2, 0.25) is 0 Å². The highest BCUT2D eigenvalue weighted by Gasteiger charge is 2.33. The number of hydrogen-bond acceptors (Lipinski definition) is 4. The number of hydrogen-bond donors (Lipinski definition) is 1. The van der Waals surface area contributed by atoms with E-state index in [1.807, 2.05) is 62.4 Å². The molecule has 0 spiro atoms. The lowest BCUT2D eigenvalue weighted by atomic mass is 9.97. The second-order valence-corrected chi connectivity index (χ2v) is 9.32. The smallest absolute Gasteiger partial charge is 0.267 e. The van der Waals surface area contributed by atoms with Crippen molar-refractivity contribution in [2.24, 2.45) is 10.2 Å². The summed E-state index contributed by atoms with van der Waals surface area (Å²) in [6, 6.07) is 21.5. The number of rotatable bonds is 4. The van der Waals surface area contributed by atoms with Gasteiger partial charge < -0.3 is 0 Å². The molecule has 0 aromatic heterocycles. The van der Waals surface area contributed by atoms with E-state index in [2.05, 4.69) is 5.10 Å². The largest absolute Gasteiger partial charge is 0.274 e. The van der Waals surface area contributed by atoms with Crippen molar-refractivity contribution in [3.8, 4) is 0 Å². The zero-order chi connectivity index (χ0) is 22.2. The van der Waals surface area contributed by atoms with Gasteiger partial charge in [0.1, 0.15) is 0 Å². The van der Waals surface area contributed by atoms with Crippen LogP contribution in [0.15, 0.2) is 82.8 Å². The van der Waals surface area contributed by atoms with Crippen molar-refractivity contribution >= 4 is 21.6 Å². The summed E-state index contributed by atoms with van der Waals surface area (Å²) in [4.78, 5) is 13.3. The molecule has 2 N–H and O–H groups in total. The molecular weight excluding hydrogens is 410 g/mol. The molecule has 4 rings (SSSR count). The van der Waals surface area contributed by atoms with Crippen molar-refractivity contribution < 1.29 is 13.2 Å². The van der Waals surface area contributed by atoms with Gasteiger partial charge in [-0.05, 0) is 49.2 Å². The molecule has 7 heteroatoms. The molecule has 0 saturated heterocycles. The van der Waals surface area contributed by atoms with E-state index < -0.39 is 10.0 Å². The van der Waals surface area contributed by atoms with Gasteiger partial charge in [-0.3, -0.25) is 4.79 Å². The Hall–Kier alpha value is -3.29. The summed E-state index contributed by atoms with van der Waals surface area (Å²) in [6.07, 6.45) is 0.590. The average molecular weight is 434 g/mol. The van der Waals surface area contributed by atoms with Crippen LogP contribution in [-0.2, 0) is 10.0 Å². The molecule has 1 heterocycles. The Bertz CT molecular complexity index is 1250. The second-order valence-electron chi connectivity index (χ2n) is 7.76. The van der Waals surface area contributed by atoms with Gasteiger partial charge >= 0.3 is 0 Å². The fourth-order valence-electron chi connectivity index (χ4n) is 3.59. The third kappa shape index (κ3) is 4.42. The lowest BCUT2D eigenvalue weighted by Crippen LogP contribution is -2.27. The van der Waals surface area contributed by atoms with Crippen molar-refractivity contribution in [2.75, 3.05) is 0 Å². The molecule has 1 unspecified atom stereocenters. The molecule has 31 heavy (non-hydrogen) atoms. The molecule has 1 atom stereocenters. The van der Waals surface area contributed by atoms with Gasteiger partial charge in [-0.25, -0.2) is 18.6 Å². The van der Waals surface area contributed by atoms with Crippen LogP contribution in [0.5, 0.6) is 0 Å². The first-order valence-electron chi connectivity index (χ1n) is 9.90. The molecule has 3 aromatic carbocycles. The fourth-order valence-corrected chi connectivity index (χ4v) is 4.10. The molecule has 1 aliphatic rings. The molecule has 0 fully saturated rings. The van der Waals surface area contributed by atoms with E-state index in [4.69, 9.17) is 5.14 Å². The van der Waals surface area contributed by atoms with Crippen molar-refractivity contribution in [1.82, 2.24) is 5.01 Å². The van der Waals surface area contributed by atoms with Crippen LogP contribution < -0.4 is 5.14 Å². The van der Waals surface area contributed by atoms with E-state index in [-0.39, 0.29) is 16.8 Å². The Morgan fingerprint density at radius 3 is 2.00 bits per heavy atom. The third-order valence-electron chi connectivity index (χ3n) is 5.40. The number of nitrogens with zero attached hydrogens (tertiary/aromatic N) is 2. The molecule has 0 saturated carbocycles. The number of primary sulfonamides is 1. The molecule has 158 valence electrons. The Morgan fingerprint density at radius 1 is 0.903 bits per heavy atom. The Morgan fingerprint density at radius 2 is 1.45 bits per heavy atom. The highest BCUT2D eigenvalue weighted by atomic mass is 32.2. The van der Waals surface area contributed by atoms with Crippen LogP contribution in [0.3, 0.4) is 0 Å². The molecule has 1 amide bonds. The summed E-state index contributed by atoms with van der Waals surface area (Å²) in [5, 5.41) is 11.3. The van der Waals surface area contributed by atoms with Gasteiger partial charge in [0.15, 0.2) is 0 Å². The zero-order valence-electron chi connectivity index (χ0n) is 17.3. The summed E-state index contributed by atoms with van der Waals surface area (Å²) in [6.45, 7) is 4.04. The van der Waals surface area contributed by atoms with Gasteiger partial charge in [0, 0.05) is 12.0 Å². The maximum absolute atomic E-state index is 13.3. The highest BCUT2D eigenvalue weighted by molar-refractivity contribution is 7.89. The van der Waals surface area contributed by atoms with Crippen molar-refractivity contribution in [2.45, 2.75) is 31.2 Å². The molecule has 0 bridgehead atoms. The van der Waals surface area contributed by atoms with Crippen LogP contribution in [0.25, 0.3) is 0 Å². The van der Waals surface area contributed by atoms with Crippen molar-refractivity contribution in [3.05, 3.63) is 101 Å². The number of nitrogens with two attached hydrogens (primary N) is 1. The summed E-state index contributed by atoms with van der Waals surface area (Å²) in [5.74, 6) is -0.298. The minimum absolute atomic E-state index is 0.0376. The summed E-state index contributed by atoms with van der Waals surface area (Å²) < 4.78 is 23.0. The summed E-state index contributed by atoms with van der Waals surface area (Å²) in [5.41, 5.74) is 5.44. The van der Waals surface area contributed by atoms with E-state index in [0.29, 0.717) is 12.0 Å². The van der Waals surface area contributed by atoms with Crippen LogP contribution in [0.1, 0.15) is 45.1 Å². The van der Waals surface area contributed by atoms with Crippen LogP contribution in [-0.4, -0.2) is 25.0 Å². The summed E-state index contributed by atoms with van der Waals surface area (Å²) in [7, 11) is -3.82. The normalized spacial score (nSPS) is 16.3. The lowest BCUT2D eigenvalue weighted by molar-refractivity contribution is 0.0711. The Kier molecular flexibility index (Phi) is 5.47. The fraction of sp³-hybridized carbons (Fsp3) is 0.167. The Balaban J connectivity index is 1.71. The number of aryl methyl sites for hydroxylation is 2. The molecule has 6 nitrogen and oxygen atoms in total. The standard InChI is InChI=1S/C24H23N3O3S/c1-16-3-7-18(8-4-16)22-15-23(19-9-5-17(2)6-10-19)27(26-22)24(28)20-11-13-21(14-12-20)31(25,29)30/h3-14,23H,15H2,1-2H3,(H2,25,29,30). The first kappa shape index (κ1) is 21.0. The number of hydrazone groups is 1. The van der Waals surface area contributed by atoms with Crippen molar-refractivity contribution in [1.29, 1.82) is 0 Å². The molecule has 3 aromatic rings. The van der Waals surface area contributed by atoms with E-state index in [1.54, 1.807) is 0 Å². The number of carbonyl (C=O) groups excluding carboxylic acids is 1. The van der Waals surface area contributed by atoms with Gasteiger partial charge in [0.2, 0.25) is 10.0 Å². The van der Waals surface area contributed by atoms with E-state index in [1.165, 1.54) is 29.3 Å². The lowest BCUT2D eigenvalue weighted by Gasteiger charge is -2.22. The number of amides is 1. The molecule has 1 aliphatic heterocycles. The average Bonchev–Trinajstić information content (AvgIpc) is 3.19. The number of sulfonamides is 1. The zero-order valence-corrected chi connectivity index (χ0v) is 18.1. The third-order valence-corrected chi connectivity index (χ3v) is 6.32. The number of carbonyl (C=O) groups is 1.